The number of benzene rings is 1. The molecule has 1 unspecified atom stereocenters. The lowest BCUT2D eigenvalue weighted by molar-refractivity contribution is -0.142. The molecule has 1 aromatic carbocycles. The van der Waals surface area contributed by atoms with Crippen molar-refractivity contribution in [2.24, 2.45) is 0 Å². The molecule has 0 N–H and O–H groups in total. The quantitative estimate of drug-likeness (QED) is 0.840. The number of ether oxygens (including phenoxy) is 1. The number of aromatic nitrogens is 2. The van der Waals surface area contributed by atoms with Crippen molar-refractivity contribution in [3.05, 3.63) is 57.5 Å². The third kappa shape index (κ3) is 2.98. The van der Waals surface area contributed by atoms with E-state index in [0.717, 1.165) is 29.7 Å². The van der Waals surface area contributed by atoms with Crippen LogP contribution in [0, 0.1) is 0 Å². The molecule has 0 saturated carbocycles. The van der Waals surface area contributed by atoms with Crippen LogP contribution in [0.25, 0.3) is 0 Å². The summed E-state index contributed by atoms with van der Waals surface area (Å²) >= 11 is 0. The molecule has 6 nitrogen and oxygen atoms in total. The number of rotatable bonds is 4. The largest absolute Gasteiger partial charge is 0.368 e. The predicted molar refractivity (Wildman–Crippen MR) is 98.0 cm³/mol. The maximum atomic E-state index is 12.9. The monoisotopic (exact) mass is 355 g/mol. The van der Waals surface area contributed by atoms with Gasteiger partial charge in [0, 0.05) is 25.3 Å². The minimum atomic E-state index is -0.301. The van der Waals surface area contributed by atoms with Crippen LogP contribution in [0.4, 0.5) is 0 Å². The Morgan fingerprint density at radius 2 is 2.04 bits per heavy atom. The summed E-state index contributed by atoms with van der Waals surface area (Å²) in [7, 11) is 0. The van der Waals surface area contributed by atoms with E-state index in [1.807, 2.05) is 51.5 Å². The van der Waals surface area contributed by atoms with Gasteiger partial charge in [-0.05, 0) is 31.7 Å². The third-order valence-corrected chi connectivity index (χ3v) is 5.41. The molecule has 2 aliphatic heterocycles. The number of hydrogen-bond acceptors (Lipinski definition) is 3. The molecular weight excluding hydrogens is 330 g/mol. The van der Waals surface area contributed by atoms with E-state index in [1.165, 1.54) is 0 Å². The van der Waals surface area contributed by atoms with Crippen LogP contribution < -0.4 is 5.56 Å². The molecule has 1 amide bonds. The molecule has 2 aliphatic rings. The van der Waals surface area contributed by atoms with Gasteiger partial charge in [-0.2, -0.15) is 0 Å². The number of fused-ring (bicyclic) bond motifs is 1. The zero-order valence-electron chi connectivity index (χ0n) is 15.2. The van der Waals surface area contributed by atoms with E-state index in [-0.39, 0.29) is 17.6 Å². The molecule has 0 aliphatic carbocycles. The highest BCUT2D eigenvalue weighted by molar-refractivity contribution is 5.81. The molecule has 26 heavy (non-hydrogen) atoms. The molecule has 6 heteroatoms. The summed E-state index contributed by atoms with van der Waals surface area (Å²) in [5, 5.41) is 0. The van der Waals surface area contributed by atoms with Gasteiger partial charge >= 0.3 is 0 Å². The molecule has 2 aromatic rings. The average Bonchev–Trinajstić information content (AvgIpc) is 3.30. The van der Waals surface area contributed by atoms with Crippen molar-refractivity contribution in [1.82, 2.24) is 14.3 Å². The number of hydrogen-bond donors (Lipinski definition) is 0. The van der Waals surface area contributed by atoms with Gasteiger partial charge in [-0.25, -0.2) is 4.68 Å². The highest BCUT2D eigenvalue weighted by Crippen LogP contribution is 2.22. The highest BCUT2D eigenvalue weighted by Gasteiger charge is 2.33. The lowest BCUT2D eigenvalue weighted by Gasteiger charge is -2.29. The second kappa shape index (κ2) is 7.11. The summed E-state index contributed by atoms with van der Waals surface area (Å²) in [5.74, 6) is 0.0686. The van der Waals surface area contributed by atoms with Gasteiger partial charge in [0.05, 0.1) is 18.8 Å². The van der Waals surface area contributed by atoms with Crippen molar-refractivity contribution >= 4 is 5.91 Å². The first-order valence-electron chi connectivity index (χ1n) is 9.44. The van der Waals surface area contributed by atoms with Gasteiger partial charge < -0.3 is 9.64 Å². The number of carbonyl (C=O) groups excluding carboxylic acids is 1. The lowest BCUT2D eigenvalue weighted by atomic mass is 10.1. The van der Waals surface area contributed by atoms with Gasteiger partial charge in [0.15, 0.2) is 0 Å². The average molecular weight is 355 g/mol. The first-order chi connectivity index (χ1) is 12.7. The molecule has 3 heterocycles. The zero-order chi connectivity index (χ0) is 18.1. The van der Waals surface area contributed by atoms with Crippen LogP contribution >= 0.6 is 0 Å². The summed E-state index contributed by atoms with van der Waals surface area (Å²) in [4.78, 5) is 27.5. The Morgan fingerprint density at radius 1 is 1.23 bits per heavy atom. The molecule has 0 radical (unpaired) electrons. The van der Waals surface area contributed by atoms with E-state index in [0.29, 0.717) is 39.2 Å². The Labute approximate surface area is 153 Å². The summed E-state index contributed by atoms with van der Waals surface area (Å²) < 4.78 is 9.42. The molecule has 1 aromatic heterocycles. The second-order valence-electron chi connectivity index (χ2n) is 7.00. The van der Waals surface area contributed by atoms with Crippen LogP contribution in [0.3, 0.4) is 0 Å². The summed E-state index contributed by atoms with van der Waals surface area (Å²) in [6.07, 6.45) is 2.07. The van der Waals surface area contributed by atoms with E-state index in [2.05, 4.69) is 0 Å². The van der Waals surface area contributed by atoms with E-state index >= 15 is 0 Å². The SMILES string of the molecule is CCn1c2c(c(=O)n1Cc1ccccc1)CCN(C(=O)C1CCCO1)C2. The second-order valence-corrected chi connectivity index (χ2v) is 7.00. The predicted octanol–water partition coefficient (Wildman–Crippen LogP) is 1.78. The topological polar surface area (TPSA) is 56.5 Å². The van der Waals surface area contributed by atoms with Crippen LogP contribution in [0.5, 0.6) is 0 Å². The molecule has 1 atom stereocenters. The summed E-state index contributed by atoms with van der Waals surface area (Å²) in [6.45, 7) is 5.07. The number of carbonyl (C=O) groups is 1. The van der Waals surface area contributed by atoms with Crippen LogP contribution in [0.1, 0.15) is 36.6 Å². The fraction of sp³-hybridized carbons (Fsp3) is 0.500. The van der Waals surface area contributed by atoms with Gasteiger partial charge in [0.2, 0.25) is 0 Å². The molecule has 0 spiro atoms. The first-order valence-corrected chi connectivity index (χ1v) is 9.44. The third-order valence-electron chi connectivity index (χ3n) is 5.41. The summed E-state index contributed by atoms with van der Waals surface area (Å²) in [5.41, 5.74) is 3.02. The zero-order valence-corrected chi connectivity index (χ0v) is 15.2. The van der Waals surface area contributed by atoms with Gasteiger partial charge in [-0.15, -0.1) is 0 Å². The van der Waals surface area contributed by atoms with E-state index < -0.39 is 0 Å². The molecule has 1 saturated heterocycles. The van der Waals surface area contributed by atoms with Crippen LogP contribution in [-0.2, 0) is 35.6 Å². The van der Waals surface area contributed by atoms with E-state index in [4.69, 9.17) is 4.74 Å². The van der Waals surface area contributed by atoms with Gasteiger partial charge in [-0.3, -0.25) is 14.3 Å². The van der Waals surface area contributed by atoms with Crippen LogP contribution in [0.2, 0.25) is 0 Å². The minimum absolute atomic E-state index is 0.0686. The lowest BCUT2D eigenvalue weighted by Crippen LogP contribution is -2.42. The Morgan fingerprint density at radius 3 is 2.73 bits per heavy atom. The van der Waals surface area contributed by atoms with Gasteiger partial charge in [0.25, 0.3) is 11.5 Å². The van der Waals surface area contributed by atoms with E-state index in [9.17, 15) is 9.59 Å². The van der Waals surface area contributed by atoms with Crippen LogP contribution in [-0.4, -0.2) is 39.4 Å². The Bertz CT molecular complexity index is 847. The fourth-order valence-corrected chi connectivity index (χ4v) is 4.06. The smallest absolute Gasteiger partial charge is 0.270 e. The normalized spacial score (nSPS) is 19.6. The minimum Gasteiger partial charge on any atom is -0.368 e. The van der Waals surface area contributed by atoms with Crippen molar-refractivity contribution in [3.8, 4) is 0 Å². The van der Waals surface area contributed by atoms with E-state index in [1.54, 1.807) is 0 Å². The number of nitrogens with zero attached hydrogens (tertiary/aromatic N) is 3. The summed E-state index contributed by atoms with van der Waals surface area (Å²) in [6, 6.07) is 10.0. The maximum Gasteiger partial charge on any atom is 0.270 e. The fourth-order valence-electron chi connectivity index (χ4n) is 4.06. The Balaban J connectivity index is 1.63. The van der Waals surface area contributed by atoms with Crippen molar-refractivity contribution in [2.45, 2.75) is 51.9 Å². The standard InChI is InChI=1S/C20H25N3O3/c1-2-22-17-14-21(20(25)18-9-6-12-26-18)11-10-16(17)19(24)23(22)13-15-7-4-3-5-8-15/h3-5,7-8,18H,2,6,9-14H2,1H3. The first kappa shape index (κ1) is 17.1. The van der Waals surface area contributed by atoms with Crippen LogP contribution in [0.15, 0.2) is 35.1 Å². The molecule has 4 rings (SSSR count). The van der Waals surface area contributed by atoms with Gasteiger partial charge in [0.1, 0.15) is 6.10 Å². The van der Waals surface area contributed by atoms with Crippen molar-refractivity contribution < 1.29 is 9.53 Å². The maximum absolute atomic E-state index is 12.9. The molecule has 1 fully saturated rings. The van der Waals surface area contributed by atoms with Crippen molar-refractivity contribution in [2.75, 3.05) is 13.2 Å². The van der Waals surface area contributed by atoms with Gasteiger partial charge in [-0.1, -0.05) is 30.3 Å². The van der Waals surface area contributed by atoms with Crippen molar-refractivity contribution in [3.63, 3.8) is 0 Å². The Kier molecular flexibility index (Phi) is 4.68. The molecule has 138 valence electrons. The molecule has 0 bridgehead atoms. The van der Waals surface area contributed by atoms with Crippen molar-refractivity contribution in [1.29, 1.82) is 0 Å². The molecular formula is C20H25N3O3. The highest BCUT2D eigenvalue weighted by atomic mass is 16.5. The number of amides is 1. The Hall–Kier alpha value is -2.34.